The SMILES string of the molecule is COC(=O)C1CCCC1S(=O)(=O)NC(C)CC(C)O. The van der Waals surface area contributed by atoms with Crippen molar-refractivity contribution in [2.24, 2.45) is 5.92 Å². The van der Waals surface area contributed by atoms with Gasteiger partial charge in [-0.25, -0.2) is 13.1 Å². The molecule has 19 heavy (non-hydrogen) atoms. The minimum Gasteiger partial charge on any atom is -0.469 e. The van der Waals surface area contributed by atoms with E-state index in [1.807, 2.05) is 0 Å². The van der Waals surface area contributed by atoms with Crippen LogP contribution in [0.2, 0.25) is 0 Å². The number of carbonyl (C=O) groups is 1. The summed E-state index contributed by atoms with van der Waals surface area (Å²) in [4.78, 5) is 11.6. The van der Waals surface area contributed by atoms with Gasteiger partial charge in [0.05, 0.1) is 24.4 Å². The van der Waals surface area contributed by atoms with Crippen LogP contribution in [0, 0.1) is 5.92 Å². The maximum absolute atomic E-state index is 12.3. The molecule has 4 atom stereocenters. The van der Waals surface area contributed by atoms with Crippen molar-refractivity contribution in [2.45, 2.75) is 56.9 Å². The average molecular weight is 293 g/mol. The van der Waals surface area contributed by atoms with Crippen LogP contribution in [0.4, 0.5) is 0 Å². The van der Waals surface area contributed by atoms with Gasteiger partial charge >= 0.3 is 5.97 Å². The van der Waals surface area contributed by atoms with Gasteiger partial charge in [0, 0.05) is 6.04 Å². The van der Waals surface area contributed by atoms with Crippen LogP contribution in [0.5, 0.6) is 0 Å². The number of nitrogens with one attached hydrogen (secondary N) is 1. The normalized spacial score (nSPS) is 26.9. The van der Waals surface area contributed by atoms with Gasteiger partial charge in [0.1, 0.15) is 0 Å². The second-order valence-electron chi connectivity index (χ2n) is 5.25. The fourth-order valence-electron chi connectivity index (χ4n) is 2.65. The summed E-state index contributed by atoms with van der Waals surface area (Å²) in [6.45, 7) is 3.31. The lowest BCUT2D eigenvalue weighted by Crippen LogP contribution is -2.43. The van der Waals surface area contributed by atoms with Crippen molar-refractivity contribution in [3.8, 4) is 0 Å². The molecule has 0 aliphatic heterocycles. The Kier molecular flexibility index (Phi) is 5.76. The minimum atomic E-state index is -3.57. The van der Waals surface area contributed by atoms with Crippen LogP contribution in [0.15, 0.2) is 0 Å². The van der Waals surface area contributed by atoms with Crippen LogP contribution in [0.1, 0.15) is 39.5 Å². The van der Waals surface area contributed by atoms with Crippen molar-refractivity contribution in [1.29, 1.82) is 0 Å². The third kappa shape index (κ3) is 4.43. The summed E-state index contributed by atoms with van der Waals surface area (Å²) in [5.74, 6) is -1.04. The van der Waals surface area contributed by atoms with E-state index in [1.54, 1.807) is 13.8 Å². The molecule has 1 saturated carbocycles. The van der Waals surface area contributed by atoms with Crippen molar-refractivity contribution in [1.82, 2.24) is 4.72 Å². The molecule has 0 radical (unpaired) electrons. The molecule has 0 saturated heterocycles. The molecule has 1 aliphatic rings. The molecule has 0 aromatic heterocycles. The molecule has 112 valence electrons. The van der Waals surface area contributed by atoms with E-state index in [-0.39, 0.29) is 6.04 Å². The second-order valence-corrected chi connectivity index (χ2v) is 7.18. The smallest absolute Gasteiger partial charge is 0.310 e. The molecule has 1 rings (SSSR count). The Bertz CT molecular complexity index is 406. The number of rotatable bonds is 6. The minimum absolute atomic E-state index is 0.342. The van der Waals surface area contributed by atoms with Crippen molar-refractivity contribution in [2.75, 3.05) is 7.11 Å². The van der Waals surface area contributed by atoms with Gasteiger partial charge in [-0.1, -0.05) is 6.42 Å². The first-order valence-corrected chi connectivity index (χ1v) is 8.09. The molecule has 1 fully saturated rings. The maximum atomic E-state index is 12.3. The fraction of sp³-hybridized carbons (Fsp3) is 0.917. The van der Waals surface area contributed by atoms with Crippen LogP contribution in [-0.4, -0.2) is 44.0 Å². The number of aliphatic hydroxyl groups is 1. The van der Waals surface area contributed by atoms with Crippen LogP contribution in [0.3, 0.4) is 0 Å². The van der Waals surface area contributed by atoms with Gasteiger partial charge in [0.15, 0.2) is 0 Å². The predicted molar refractivity (Wildman–Crippen MR) is 71.0 cm³/mol. The fourth-order valence-corrected chi connectivity index (χ4v) is 4.63. The van der Waals surface area contributed by atoms with Gasteiger partial charge in [0.2, 0.25) is 10.0 Å². The molecule has 0 spiro atoms. The number of methoxy groups -OCH3 is 1. The van der Waals surface area contributed by atoms with Gasteiger partial charge in [-0.3, -0.25) is 4.79 Å². The molecule has 6 nitrogen and oxygen atoms in total. The van der Waals surface area contributed by atoms with E-state index in [0.717, 1.165) is 0 Å². The Morgan fingerprint density at radius 2 is 2.05 bits per heavy atom. The van der Waals surface area contributed by atoms with Crippen molar-refractivity contribution in [3.63, 3.8) is 0 Å². The highest BCUT2D eigenvalue weighted by Gasteiger charge is 2.42. The molecule has 1 aliphatic carbocycles. The van der Waals surface area contributed by atoms with Crippen LogP contribution < -0.4 is 4.72 Å². The number of esters is 1. The third-order valence-corrected chi connectivity index (χ3v) is 5.51. The molecule has 0 aromatic carbocycles. The summed E-state index contributed by atoms with van der Waals surface area (Å²) in [5, 5.41) is 8.53. The molecule has 0 heterocycles. The highest BCUT2D eigenvalue weighted by molar-refractivity contribution is 7.90. The summed E-state index contributed by atoms with van der Waals surface area (Å²) in [7, 11) is -2.30. The summed E-state index contributed by atoms with van der Waals surface area (Å²) in [6, 6.07) is -0.358. The predicted octanol–water partition coefficient (Wildman–Crippen LogP) is 0.407. The van der Waals surface area contributed by atoms with E-state index in [9.17, 15) is 18.3 Å². The number of hydrogen-bond acceptors (Lipinski definition) is 5. The van der Waals surface area contributed by atoms with Gasteiger partial charge in [-0.15, -0.1) is 0 Å². The molecule has 7 heteroatoms. The molecule has 2 N–H and O–H groups in total. The number of sulfonamides is 1. The Balaban J connectivity index is 2.73. The summed E-state index contributed by atoms with van der Waals surface area (Å²) in [5.41, 5.74) is 0. The zero-order valence-electron chi connectivity index (χ0n) is 11.6. The van der Waals surface area contributed by atoms with E-state index in [4.69, 9.17) is 0 Å². The highest BCUT2D eigenvalue weighted by Crippen LogP contribution is 2.31. The van der Waals surface area contributed by atoms with Gasteiger partial charge in [0.25, 0.3) is 0 Å². The lowest BCUT2D eigenvalue weighted by Gasteiger charge is -2.22. The number of aliphatic hydroxyl groups excluding tert-OH is 1. The largest absolute Gasteiger partial charge is 0.469 e. The number of carbonyl (C=O) groups excluding carboxylic acids is 1. The van der Waals surface area contributed by atoms with Crippen molar-refractivity contribution in [3.05, 3.63) is 0 Å². The quantitative estimate of drug-likeness (QED) is 0.692. The first-order valence-electron chi connectivity index (χ1n) is 6.55. The number of hydrogen-bond donors (Lipinski definition) is 2. The van der Waals surface area contributed by atoms with Gasteiger partial charge in [-0.05, 0) is 33.1 Å². The molecule has 0 amide bonds. The monoisotopic (exact) mass is 293 g/mol. The van der Waals surface area contributed by atoms with E-state index in [0.29, 0.717) is 25.7 Å². The maximum Gasteiger partial charge on any atom is 0.310 e. The Labute approximate surface area is 114 Å². The third-order valence-electron chi connectivity index (χ3n) is 3.42. The lowest BCUT2D eigenvalue weighted by atomic mass is 10.1. The van der Waals surface area contributed by atoms with Crippen molar-refractivity contribution < 1.29 is 23.1 Å². The van der Waals surface area contributed by atoms with Crippen LogP contribution >= 0.6 is 0 Å². The van der Waals surface area contributed by atoms with Gasteiger partial charge < -0.3 is 9.84 Å². The van der Waals surface area contributed by atoms with Gasteiger partial charge in [-0.2, -0.15) is 0 Å². The summed E-state index contributed by atoms with van der Waals surface area (Å²) < 4.78 is 31.7. The van der Waals surface area contributed by atoms with E-state index in [2.05, 4.69) is 9.46 Å². The topological polar surface area (TPSA) is 92.7 Å². The Hall–Kier alpha value is -0.660. The zero-order chi connectivity index (χ0) is 14.6. The average Bonchev–Trinajstić information content (AvgIpc) is 2.75. The van der Waals surface area contributed by atoms with E-state index in [1.165, 1.54) is 7.11 Å². The molecule has 0 aromatic rings. The van der Waals surface area contributed by atoms with Crippen molar-refractivity contribution >= 4 is 16.0 Å². The number of ether oxygens (including phenoxy) is 1. The molecule has 0 bridgehead atoms. The first-order chi connectivity index (χ1) is 8.77. The summed E-state index contributed by atoms with van der Waals surface area (Å²) >= 11 is 0. The van der Waals surface area contributed by atoms with Crippen LogP contribution in [0.25, 0.3) is 0 Å². The Morgan fingerprint density at radius 3 is 2.58 bits per heavy atom. The highest BCUT2D eigenvalue weighted by atomic mass is 32.2. The van der Waals surface area contributed by atoms with E-state index < -0.39 is 33.3 Å². The Morgan fingerprint density at radius 1 is 1.42 bits per heavy atom. The first kappa shape index (κ1) is 16.4. The molecule has 4 unspecified atom stereocenters. The van der Waals surface area contributed by atoms with E-state index >= 15 is 0 Å². The van der Waals surface area contributed by atoms with Crippen LogP contribution in [-0.2, 0) is 19.6 Å². The lowest BCUT2D eigenvalue weighted by molar-refractivity contribution is -0.145. The molecular weight excluding hydrogens is 270 g/mol. The zero-order valence-corrected chi connectivity index (χ0v) is 12.4. The standard InChI is InChI=1S/C12H23NO5S/c1-8(7-9(2)14)13-19(16,17)11-6-4-5-10(11)12(15)18-3/h8-11,13-14H,4-7H2,1-3H3. The summed E-state index contributed by atoms with van der Waals surface area (Å²) in [6.07, 6.45) is 1.49. The second kappa shape index (κ2) is 6.67. The molecular formula is C12H23NO5S.